The Morgan fingerprint density at radius 3 is 2.55 bits per heavy atom. The van der Waals surface area contributed by atoms with Crippen molar-refractivity contribution in [2.75, 3.05) is 14.2 Å². The van der Waals surface area contributed by atoms with E-state index in [-0.39, 0.29) is 17.8 Å². The number of nitrogens with one attached hydrogen (secondary N) is 2. The molecule has 1 amide bonds. The van der Waals surface area contributed by atoms with Crippen molar-refractivity contribution >= 4 is 11.9 Å². The van der Waals surface area contributed by atoms with E-state index in [1.165, 1.54) is 11.3 Å². The molecule has 1 saturated heterocycles. The first-order valence-electron chi connectivity index (χ1n) is 7.89. The fourth-order valence-corrected chi connectivity index (χ4v) is 3.88. The third kappa shape index (κ3) is 2.07. The largest absolute Gasteiger partial charge is 0.496 e. The normalized spacial score (nSPS) is 26.2. The predicted molar refractivity (Wildman–Crippen MR) is 84.9 cm³/mol. The zero-order valence-corrected chi connectivity index (χ0v) is 13.2. The van der Waals surface area contributed by atoms with Crippen LogP contribution in [0.15, 0.2) is 24.3 Å². The van der Waals surface area contributed by atoms with E-state index in [1.54, 1.807) is 14.2 Å². The van der Waals surface area contributed by atoms with Gasteiger partial charge < -0.3 is 10.1 Å². The summed E-state index contributed by atoms with van der Waals surface area (Å²) in [6, 6.07) is 7.67. The number of amides is 1. The van der Waals surface area contributed by atoms with E-state index in [0.29, 0.717) is 5.75 Å². The molecule has 1 unspecified atom stereocenters. The minimum atomic E-state index is -0.862. The van der Waals surface area contributed by atoms with Gasteiger partial charge in [-0.15, -0.1) is 0 Å². The molecular formula is C17H23N3O2. The number of guanidine groups is 1. The Morgan fingerprint density at radius 1 is 1.27 bits per heavy atom. The second-order valence-electron chi connectivity index (χ2n) is 6.18. The number of methoxy groups -OCH3 is 1. The Hall–Kier alpha value is -2.04. The maximum Gasteiger partial charge on any atom is 0.259 e. The Bertz CT molecular complexity index is 595. The van der Waals surface area contributed by atoms with Crippen LogP contribution in [0.5, 0.6) is 5.75 Å². The summed E-state index contributed by atoms with van der Waals surface area (Å²) in [5.74, 6) is 1.02. The van der Waals surface area contributed by atoms with Gasteiger partial charge in [0.1, 0.15) is 5.75 Å². The van der Waals surface area contributed by atoms with Crippen LogP contribution in [0.25, 0.3) is 0 Å². The van der Waals surface area contributed by atoms with Gasteiger partial charge in [-0.2, -0.15) is 0 Å². The van der Waals surface area contributed by atoms with Crippen LogP contribution >= 0.6 is 0 Å². The molecular weight excluding hydrogens is 278 g/mol. The van der Waals surface area contributed by atoms with Crippen LogP contribution in [0.4, 0.5) is 0 Å². The Labute approximate surface area is 131 Å². The lowest BCUT2D eigenvalue weighted by atomic mass is 9.70. The number of hydrogen-bond donors (Lipinski definition) is 2. The van der Waals surface area contributed by atoms with E-state index in [1.807, 2.05) is 24.3 Å². The first-order chi connectivity index (χ1) is 10.6. The standard InChI is InChI=1S/C17H23N3O2/c1-20-15(21)17(19-16(20)18,12-8-4-3-5-9-12)13-10-6-7-11-14(13)22-2/h6-7,10-12H,3-5,8-9H2,1-2H3,(H2,18,19). The molecule has 1 saturated carbocycles. The van der Waals surface area contributed by atoms with Crippen molar-refractivity contribution < 1.29 is 9.53 Å². The van der Waals surface area contributed by atoms with Crippen molar-refractivity contribution in [3.63, 3.8) is 0 Å². The highest BCUT2D eigenvalue weighted by Gasteiger charge is 2.55. The van der Waals surface area contributed by atoms with Gasteiger partial charge in [0.25, 0.3) is 5.91 Å². The van der Waals surface area contributed by atoms with Gasteiger partial charge in [-0.1, -0.05) is 37.5 Å². The molecule has 2 aliphatic rings. The molecule has 1 aromatic rings. The summed E-state index contributed by atoms with van der Waals surface area (Å²) in [4.78, 5) is 14.5. The van der Waals surface area contributed by atoms with Gasteiger partial charge in [0.2, 0.25) is 0 Å². The lowest BCUT2D eigenvalue weighted by Crippen LogP contribution is -2.51. The van der Waals surface area contributed by atoms with E-state index in [4.69, 9.17) is 10.1 Å². The lowest BCUT2D eigenvalue weighted by Gasteiger charge is -2.38. The van der Waals surface area contributed by atoms with Crippen molar-refractivity contribution in [2.45, 2.75) is 37.6 Å². The molecule has 1 heterocycles. The fourth-order valence-electron chi connectivity index (χ4n) is 3.88. The number of likely N-dealkylation sites (N-methyl/N-ethyl adjacent to an activating group) is 1. The highest BCUT2D eigenvalue weighted by atomic mass is 16.5. The number of rotatable bonds is 3. The van der Waals surface area contributed by atoms with Gasteiger partial charge >= 0.3 is 0 Å². The van der Waals surface area contributed by atoms with Crippen molar-refractivity contribution in [1.82, 2.24) is 10.2 Å². The zero-order valence-electron chi connectivity index (χ0n) is 13.2. The highest BCUT2D eigenvalue weighted by Crippen LogP contribution is 2.45. The molecule has 5 nitrogen and oxygen atoms in total. The van der Waals surface area contributed by atoms with Gasteiger partial charge in [-0.05, 0) is 24.8 Å². The number of carbonyl (C=O) groups is 1. The van der Waals surface area contributed by atoms with E-state index >= 15 is 0 Å². The molecule has 1 atom stereocenters. The Balaban J connectivity index is 2.15. The molecule has 0 aromatic heterocycles. The minimum absolute atomic E-state index is 0.0473. The summed E-state index contributed by atoms with van der Waals surface area (Å²) in [5, 5.41) is 11.3. The molecule has 3 rings (SSSR count). The Morgan fingerprint density at radius 2 is 1.95 bits per heavy atom. The topological polar surface area (TPSA) is 65.4 Å². The fraction of sp³-hybridized carbons (Fsp3) is 0.529. The van der Waals surface area contributed by atoms with Crippen LogP contribution in [0.2, 0.25) is 0 Å². The highest BCUT2D eigenvalue weighted by molar-refractivity contribution is 6.08. The maximum absolute atomic E-state index is 13.1. The van der Waals surface area contributed by atoms with Crippen molar-refractivity contribution in [1.29, 1.82) is 5.41 Å². The number of hydrogen-bond acceptors (Lipinski definition) is 3. The molecule has 1 aliphatic heterocycles. The van der Waals surface area contributed by atoms with Crippen molar-refractivity contribution in [3.8, 4) is 5.75 Å². The van der Waals surface area contributed by atoms with E-state index in [2.05, 4.69) is 5.32 Å². The zero-order chi connectivity index (χ0) is 15.7. The van der Waals surface area contributed by atoms with Crippen LogP contribution in [0.1, 0.15) is 37.7 Å². The Kier molecular flexibility index (Phi) is 3.81. The molecule has 22 heavy (non-hydrogen) atoms. The maximum atomic E-state index is 13.1. The number of para-hydroxylation sites is 1. The molecule has 2 fully saturated rings. The summed E-state index contributed by atoms with van der Waals surface area (Å²) >= 11 is 0. The van der Waals surface area contributed by atoms with Crippen molar-refractivity contribution in [3.05, 3.63) is 29.8 Å². The van der Waals surface area contributed by atoms with E-state index in [9.17, 15) is 4.79 Å². The summed E-state index contributed by atoms with van der Waals surface area (Å²) in [5.41, 5.74) is -0.0118. The van der Waals surface area contributed by atoms with Gasteiger partial charge in [-0.3, -0.25) is 15.1 Å². The summed E-state index contributed by atoms with van der Waals surface area (Å²) in [6.45, 7) is 0. The van der Waals surface area contributed by atoms with Crippen LogP contribution in [0, 0.1) is 11.3 Å². The van der Waals surface area contributed by atoms with Gasteiger partial charge in [0.05, 0.1) is 7.11 Å². The number of nitrogens with zero attached hydrogens (tertiary/aromatic N) is 1. The smallest absolute Gasteiger partial charge is 0.259 e. The van der Waals surface area contributed by atoms with Crippen LogP contribution in [-0.2, 0) is 10.3 Å². The van der Waals surface area contributed by atoms with Crippen molar-refractivity contribution in [2.24, 2.45) is 5.92 Å². The number of carbonyl (C=O) groups excluding carboxylic acids is 1. The summed E-state index contributed by atoms with van der Waals surface area (Å²) in [6.07, 6.45) is 5.48. The second-order valence-corrected chi connectivity index (χ2v) is 6.18. The lowest BCUT2D eigenvalue weighted by molar-refractivity contribution is -0.133. The quantitative estimate of drug-likeness (QED) is 0.901. The third-order valence-corrected chi connectivity index (χ3v) is 5.04. The first kappa shape index (κ1) is 14.9. The average molecular weight is 301 g/mol. The molecule has 118 valence electrons. The molecule has 0 bridgehead atoms. The number of benzene rings is 1. The third-order valence-electron chi connectivity index (χ3n) is 5.04. The molecule has 1 aromatic carbocycles. The van der Waals surface area contributed by atoms with Crippen LogP contribution < -0.4 is 10.1 Å². The molecule has 0 radical (unpaired) electrons. The molecule has 1 aliphatic carbocycles. The monoisotopic (exact) mass is 301 g/mol. The first-order valence-corrected chi connectivity index (χ1v) is 7.89. The van der Waals surface area contributed by atoms with E-state index in [0.717, 1.165) is 31.2 Å². The van der Waals surface area contributed by atoms with Gasteiger partial charge in [-0.25, -0.2) is 0 Å². The molecule has 0 spiro atoms. The summed E-state index contributed by atoms with van der Waals surface area (Å²) in [7, 11) is 3.29. The molecule has 2 N–H and O–H groups in total. The van der Waals surface area contributed by atoms with Gasteiger partial charge in [0.15, 0.2) is 11.5 Å². The SMILES string of the molecule is COc1ccccc1C1(C2CCCCC2)NC(=N)N(C)C1=O. The number of ether oxygens (including phenoxy) is 1. The van der Waals surface area contributed by atoms with Crippen LogP contribution in [0.3, 0.4) is 0 Å². The second kappa shape index (κ2) is 5.63. The average Bonchev–Trinajstić information content (AvgIpc) is 2.80. The predicted octanol–water partition coefficient (Wildman–Crippen LogP) is 2.47. The van der Waals surface area contributed by atoms with Gasteiger partial charge in [0, 0.05) is 12.6 Å². The van der Waals surface area contributed by atoms with E-state index < -0.39 is 5.54 Å². The summed E-state index contributed by atoms with van der Waals surface area (Å²) < 4.78 is 5.51. The molecule has 5 heteroatoms. The van der Waals surface area contributed by atoms with Crippen LogP contribution in [-0.4, -0.2) is 30.9 Å². The minimum Gasteiger partial charge on any atom is -0.496 e.